The number of aliphatic carboxylic acids is 1. The summed E-state index contributed by atoms with van der Waals surface area (Å²) in [6.07, 6.45) is 1.46. The van der Waals surface area contributed by atoms with Gasteiger partial charge in [0.2, 0.25) is 0 Å². The van der Waals surface area contributed by atoms with Crippen molar-refractivity contribution in [3.8, 4) is 0 Å². The van der Waals surface area contributed by atoms with Crippen LogP contribution < -0.4 is 4.90 Å². The highest BCUT2D eigenvalue weighted by Gasteiger charge is 2.29. The molecule has 0 amide bonds. The first-order valence-corrected chi connectivity index (χ1v) is 5.89. The Balaban J connectivity index is 2.34. The second-order valence-corrected chi connectivity index (χ2v) is 4.33. The predicted molar refractivity (Wildman–Crippen MR) is 65.1 cm³/mol. The number of anilines is 1. The van der Waals surface area contributed by atoms with Gasteiger partial charge < -0.3 is 15.1 Å². The van der Waals surface area contributed by atoms with E-state index in [9.17, 15) is 9.90 Å². The fourth-order valence-electron chi connectivity index (χ4n) is 2.40. The van der Waals surface area contributed by atoms with E-state index in [1.165, 1.54) is 5.56 Å². The minimum atomic E-state index is -0.783. The maximum absolute atomic E-state index is 11.2. The van der Waals surface area contributed by atoms with Gasteiger partial charge in [-0.15, -0.1) is 0 Å². The van der Waals surface area contributed by atoms with Crippen molar-refractivity contribution >= 4 is 11.7 Å². The summed E-state index contributed by atoms with van der Waals surface area (Å²) in [4.78, 5) is 13.1. The van der Waals surface area contributed by atoms with Crippen molar-refractivity contribution in [2.45, 2.75) is 32.4 Å². The standard InChI is InChI=1S/C13H17NO3/c1-2-11(13(16)17)14-6-5-10-4-3-9(8-15)7-12(10)14/h3-4,7,11,15H,2,5-6,8H2,1H3,(H,16,17). The number of hydrogen-bond donors (Lipinski definition) is 2. The molecule has 1 aromatic rings. The fraction of sp³-hybridized carbons (Fsp3) is 0.462. The molecule has 0 spiro atoms. The lowest BCUT2D eigenvalue weighted by Gasteiger charge is -2.26. The van der Waals surface area contributed by atoms with Gasteiger partial charge in [0, 0.05) is 12.2 Å². The van der Waals surface area contributed by atoms with Crippen molar-refractivity contribution in [3.63, 3.8) is 0 Å². The zero-order chi connectivity index (χ0) is 12.4. The Labute approximate surface area is 100 Å². The van der Waals surface area contributed by atoms with Crippen LogP contribution in [0.15, 0.2) is 18.2 Å². The van der Waals surface area contributed by atoms with Crippen LogP contribution in [0.3, 0.4) is 0 Å². The van der Waals surface area contributed by atoms with Crippen molar-refractivity contribution in [1.82, 2.24) is 0 Å². The molecule has 1 heterocycles. The van der Waals surface area contributed by atoms with Crippen LogP contribution in [-0.4, -0.2) is 28.8 Å². The van der Waals surface area contributed by atoms with Crippen LogP contribution in [0.1, 0.15) is 24.5 Å². The van der Waals surface area contributed by atoms with Gasteiger partial charge in [0.1, 0.15) is 6.04 Å². The molecule has 0 fully saturated rings. The average molecular weight is 235 g/mol. The van der Waals surface area contributed by atoms with E-state index >= 15 is 0 Å². The minimum absolute atomic E-state index is 0.00895. The van der Waals surface area contributed by atoms with Gasteiger partial charge in [-0.1, -0.05) is 19.1 Å². The minimum Gasteiger partial charge on any atom is -0.480 e. The number of carbonyl (C=O) groups is 1. The van der Waals surface area contributed by atoms with Crippen LogP contribution in [0.4, 0.5) is 5.69 Å². The maximum Gasteiger partial charge on any atom is 0.326 e. The van der Waals surface area contributed by atoms with E-state index in [0.29, 0.717) is 6.42 Å². The number of benzene rings is 1. The molecule has 0 aromatic heterocycles. The Kier molecular flexibility index (Phi) is 3.33. The molecule has 1 aromatic carbocycles. The van der Waals surface area contributed by atoms with E-state index in [1.807, 2.05) is 30.0 Å². The second kappa shape index (κ2) is 4.75. The summed E-state index contributed by atoms with van der Waals surface area (Å²) in [7, 11) is 0. The highest BCUT2D eigenvalue weighted by atomic mass is 16.4. The monoisotopic (exact) mass is 235 g/mol. The van der Waals surface area contributed by atoms with Crippen molar-refractivity contribution in [3.05, 3.63) is 29.3 Å². The number of fused-ring (bicyclic) bond motifs is 1. The molecule has 0 aliphatic carbocycles. The van der Waals surface area contributed by atoms with E-state index in [2.05, 4.69) is 0 Å². The van der Waals surface area contributed by atoms with Gasteiger partial charge in [0.25, 0.3) is 0 Å². The lowest BCUT2D eigenvalue weighted by Crippen LogP contribution is -2.39. The molecule has 2 N–H and O–H groups in total. The molecular formula is C13H17NO3. The molecule has 0 saturated heterocycles. The number of carboxylic acid groups (broad SMARTS) is 1. The SMILES string of the molecule is CCC(C(=O)O)N1CCc2ccc(CO)cc21. The number of aliphatic hydroxyl groups excluding tert-OH is 1. The van der Waals surface area contributed by atoms with Gasteiger partial charge >= 0.3 is 5.97 Å². The van der Waals surface area contributed by atoms with Gasteiger partial charge in [-0.05, 0) is 30.0 Å². The zero-order valence-electron chi connectivity index (χ0n) is 9.89. The summed E-state index contributed by atoms with van der Waals surface area (Å²) in [5.74, 6) is -0.783. The predicted octanol–water partition coefficient (Wildman–Crippen LogP) is 1.40. The molecular weight excluding hydrogens is 218 g/mol. The first-order chi connectivity index (χ1) is 8.17. The highest BCUT2D eigenvalue weighted by Crippen LogP contribution is 2.31. The van der Waals surface area contributed by atoms with Gasteiger partial charge in [-0.25, -0.2) is 4.79 Å². The third-order valence-electron chi connectivity index (χ3n) is 3.31. The molecule has 2 rings (SSSR count). The second-order valence-electron chi connectivity index (χ2n) is 4.33. The van der Waals surface area contributed by atoms with E-state index in [1.54, 1.807) is 0 Å². The molecule has 1 aliphatic rings. The van der Waals surface area contributed by atoms with Crippen LogP contribution in [-0.2, 0) is 17.8 Å². The highest BCUT2D eigenvalue weighted by molar-refractivity contribution is 5.79. The van der Waals surface area contributed by atoms with Gasteiger partial charge in [0.05, 0.1) is 6.61 Å². The van der Waals surface area contributed by atoms with Crippen molar-refractivity contribution in [2.24, 2.45) is 0 Å². The van der Waals surface area contributed by atoms with Crippen LogP contribution in [0.2, 0.25) is 0 Å². The molecule has 0 saturated carbocycles. The molecule has 0 bridgehead atoms. The van der Waals surface area contributed by atoms with E-state index < -0.39 is 12.0 Å². The number of nitrogens with zero attached hydrogens (tertiary/aromatic N) is 1. The number of rotatable bonds is 4. The molecule has 4 nitrogen and oxygen atoms in total. The molecule has 1 aliphatic heterocycles. The summed E-state index contributed by atoms with van der Waals surface area (Å²) in [5.41, 5.74) is 2.96. The number of carboxylic acids is 1. The topological polar surface area (TPSA) is 60.8 Å². The van der Waals surface area contributed by atoms with Crippen LogP contribution in [0.25, 0.3) is 0 Å². The largest absolute Gasteiger partial charge is 0.480 e. The Hall–Kier alpha value is -1.55. The van der Waals surface area contributed by atoms with E-state index in [0.717, 1.165) is 24.2 Å². The Morgan fingerprint density at radius 1 is 1.53 bits per heavy atom. The fourth-order valence-corrected chi connectivity index (χ4v) is 2.40. The summed E-state index contributed by atoms with van der Waals surface area (Å²) in [5, 5.41) is 18.3. The number of aliphatic hydroxyl groups is 1. The summed E-state index contributed by atoms with van der Waals surface area (Å²) in [6.45, 7) is 2.62. The Bertz CT molecular complexity index is 431. The average Bonchev–Trinajstić information content (AvgIpc) is 2.73. The molecule has 4 heteroatoms. The van der Waals surface area contributed by atoms with Crippen molar-refractivity contribution < 1.29 is 15.0 Å². The summed E-state index contributed by atoms with van der Waals surface area (Å²) in [6, 6.07) is 5.30. The lowest BCUT2D eigenvalue weighted by atomic mass is 10.1. The molecule has 0 radical (unpaired) electrons. The van der Waals surface area contributed by atoms with Gasteiger partial charge in [0.15, 0.2) is 0 Å². The zero-order valence-corrected chi connectivity index (χ0v) is 9.89. The quantitative estimate of drug-likeness (QED) is 0.828. The Morgan fingerprint density at radius 2 is 2.29 bits per heavy atom. The van der Waals surface area contributed by atoms with Crippen LogP contribution >= 0.6 is 0 Å². The first kappa shape index (κ1) is 11.9. The van der Waals surface area contributed by atoms with E-state index in [4.69, 9.17) is 5.11 Å². The smallest absolute Gasteiger partial charge is 0.326 e. The maximum atomic E-state index is 11.2. The lowest BCUT2D eigenvalue weighted by molar-refractivity contribution is -0.138. The van der Waals surface area contributed by atoms with Crippen molar-refractivity contribution in [1.29, 1.82) is 0 Å². The van der Waals surface area contributed by atoms with Crippen LogP contribution in [0.5, 0.6) is 0 Å². The molecule has 1 unspecified atom stereocenters. The van der Waals surface area contributed by atoms with Crippen molar-refractivity contribution in [2.75, 3.05) is 11.4 Å². The van der Waals surface area contributed by atoms with Crippen LogP contribution in [0, 0.1) is 0 Å². The molecule has 1 atom stereocenters. The summed E-state index contributed by atoms with van der Waals surface area (Å²) >= 11 is 0. The molecule has 17 heavy (non-hydrogen) atoms. The van der Waals surface area contributed by atoms with E-state index in [-0.39, 0.29) is 6.61 Å². The van der Waals surface area contributed by atoms with Gasteiger partial charge in [-0.3, -0.25) is 0 Å². The Morgan fingerprint density at radius 3 is 2.88 bits per heavy atom. The third-order valence-corrected chi connectivity index (χ3v) is 3.31. The number of hydrogen-bond acceptors (Lipinski definition) is 3. The summed E-state index contributed by atoms with van der Waals surface area (Å²) < 4.78 is 0. The normalized spacial score (nSPS) is 15.8. The third kappa shape index (κ3) is 2.13. The molecule has 92 valence electrons. The first-order valence-electron chi connectivity index (χ1n) is 5.89. The van der Waals surface area contributed by atoms with Gasteiger partial charge in [-0.2, -0.15) is 0 Å².